The Morgan fingerprint density at radius 1 is 0.882 bits per heavy atom. The van der Waals surface area contributed by atoms with Crippen molar-refractivity contribution in [3.05, 3.63) is 108 Å². The number of piperidine rings is 3. The molecule has 3 saturated heterocycles. The molecule has 0 spiro atoms. The summed E-state index contributed by atoms with van der Waals surface area (Å²) in [4.78, 5) is 6.98. The average molecular weight is 447 g/mol. The molecule has 2 bridgehead atoms. The summed E-state index contributed by atoms with van der Waals surface area (Å²) in [6.45, 7) is 2.10. The molecule has 0 saturated carbocycles. The molecule has 3 aliphatic rings. The van der Waals surface area contributed by atoms with Crippen LogP contribution in [-0.4, -0.2) is 34.1 Å². The maximum atomic E-state index is 11.4. The van der Waals surface area contributed by atoms with Crippen molar-refractivity contribution in [1.82, 2.24) is 9.88 Å². The third-order valence-electron chi connectivity index (χ3n) is 7.77. The van der Waals surface area contributed by atoms with E-state index in [0.717, 1.165) is 36.0 Å². The molecular weight excluding hydrogens is 416 g/mol. The number of rotatable bonds is 5. The monoisotopic (exact) mass is 446 g/mol. The zero-order valence-corrected chi connectivity index (χ0v) is 19.3. The van der Waals surface area contributed by atoms with Gasteiger partial charge in [0, 0.05) is 24.2 Å². The van der Waals surface area contributed by atoms with Crippen molar-refractivity contribution in [3.63, 3.8) is 0 Å². The first-order chi connectivity index (χ1) is 16.8. The van der Waals surface area contributed by atoms with Crippen molar-refractivity contribution in [2.75, 3.05) is 13.1 Å². The Hall–Kier alpha value is -3.27. The van der Waals surface area contributed by atoms with Gasteiger partial charge in [-0.3, -0.25) is 9.88 Å². The Bertz CT molecular complexity index is 1290. The maximum Gasteiger partial charge on any atom is 0.0952 e. The number of pyridine rings is 1. The quantitative estimate of drug-likeness (QED) is 0.388. The molecule has 5 atom stereocenters. The van der Waals surface area contributed by atoms with Gasteiger partial charge in [-0.05, 0) is 65.6 Å². The number of aromatic nitrogens is 1. The Balaban J connectivity index is 1.15. The predicted molar refractivity (Wildman–Crippen MR) is 139 cm³/mol. The van der Waals surface area contributed by atoms with E-state index in [9.17, 15) is 5.11 Å². The number of aliphatic hydroxyl groups is 1. The number of aliphatic hydroxyl groups excluding tert-OH is 1. The van der Waals surface area contributed by atoms with Crippen molar-refractivity contribution in [3.8, 4) is 11.1 Å². The molecule has 0 amide bonds. The third kappa shape index (κ3) is 4.06. The summed E-state index contributed by atoms with van der Waals surface area (Å²) in [5, 5.41) is 12.5. The van der Waals surface area contributed by atoms with Gasteiger partial charge in [0.15, 0.2) is 0 Å². The van der Waals surface area contributed by atoms with E-state index in [1.807, 2.05) is 30.5 Å². The van der Waals surface area contributed by atoms with Gasteiger partial charge in [-0.15, -0.1) is 0 Å². The van der Waals surface area contributed by atoms with Crippen molar-refractivity contribution < 1.29 is 5.11 Å². The first-order valence-corrected chi connectivity index (χ1v) is 12.4. The van der Waals surface area contributed by atoms with Crippen LogP contribution in [-0.2, 0) is 0 Å². The van der Waals surface area contributed by atoms with E-state index >= 15 is 0 Å². The SMILES string of the molecule is O[C@@H](c1ccnc2ccccc12)[C@H]1C[C@H]2CCN1C[C@@H]2/C=C/c1ccc(-c2ccccc2)cc1. The molecule has 3 nitrogen and oxygen atoms in total. The molecule has 7 rings (SSSR count). The first-order valence-electron chi connectivity index (χ1n) is 12.4. The van der Waals surface area contributed by atoms with Crippen LogP contribution in [0.2, 0.25) is 0 Å². The number of nitrogens with zero attached hydrogens (tertiary/aromatic N) is 2. The fourth-order valence-electron chi connectivity index (χ4n) is 5.89. The normalized spacial score (nSPS) is 25.1. The Labute approximate surface area is 201 Å². The Morgan fingerprint density at radius 3 is 2.44 bits per heavy atom. The summed E-state index contributed by atoms with van der Waals surface area (Å²) < 4.78 is 0. The Morgan fingerprint density at radius 2 is 1.65 bits per heavy atom. The predicted octanol–water partition coefficient (Wildman–Crippen LogP) is 6.36. The van der Waals surface area contributed by atoms with Crippen molar-refractivity contribution in [2.45, 2.75) is 25.0 Å². The van der Waals surface area contributed by atoms with Gasteiger partial charge >= 0.3 is 0 Å². The molecule has 1 aromatic heterocycles. The summed E-state index contributed by atoms with van der Waals surface area (Å²) in [5.41, 5.74) is 5.71. The molecule has 3 fully saturated rings. The lowest BCUT2D eigenvalue weighted by Crippen LogP contribution is -2.54. The van der Waals surface area contributed by atoms with Crippen molar-refractivity contribution in [1.29, 1.82) is 0 Å². The molecule has 34 heavy (non-hydrogen) atoms. The largest absolute Gasteiger partial charge is 0.387 e. The van der Waals surface area contributed by atoms with Crippen LogP contribution in [0.3, 0.4) is 0 Å². The van der Waals surface area contributed by atoms with E-state index in [0.29, 0.717) is 11.8 Å². The van der Waals surface area contributed by atoms with Crippen LogP contribution in [0.1, 0.15) is 30.1 Å². The topological polar surface area (TPSA) is 36.4 Å². The van der Waals surface area contributed by atoms with Crippen molar-refractivity contribution >= 4 is 17.0 Å². The molecule has 1 N–H and O–H groups in total. The van der Waals surface area contributed by atoms with E-state index in [1.54, 1.807) is 0 Å². The van der Waals surface area contributed by atoms with Gasteiger partial charge in [0.05, 0.1) is 11.6 Å². The molecule has 3 heteroatoms. The molecule has 4 aromatic rings. The number of hydrogen-bond acceptors (Lipinski definition) is 3. The average Bonchev–Trinajstić information content (AvgIpc) is 2.92. The van der Waals surface area contributed by atoms with Crippen LogP contribution in [0.5, 0.6) is 0 Å². The zero-order chi connectivity index (χ0) is 22.9. The summed E-state index contributed by atoms with van der Waals surface area (Å²) >= 11 is 0. The van der Waals surface area contributed by atoms with Crippen molar-refractivity contribution in [2.24, 2.45) is 11.8 Å². The van der Waals surface area contributed by atoms with Gasteiger partial charge < -0.3 is 5.11 Å². The summed E-state index contributed by atoms with van der Waals surface area (Å²) in [6.07, 6.45) is 8.28. The van der Waals surface area contributed by atoms with Crippen LogP contribution in [0.25, 0.3) is 28.1 Å². The van der Waals surface area contributed by atoms with Crippen LogP contribution in [0.4, 0.5) is 0 Å². The van der Waals surface area contributed by atoms with Gasteiger partial charge in [0.1, 0.15) is 0 Å². The molecule has 3 aliphatic heterocycles. The summed E-state index contributed by atoms with van der Waals surface area (Å²) in [7, 11) is 0. The highest BCUT2D eigenvalue weighted by atomic mass is 16.3. The second-order valence-corrected chi connectivity index (χ2v) is 9.72. The number of fused-ring (bicyclic) bond motifs is 4. The lowest BCUT2D eigenvalue weighted by atomic mass is 9.73. The molecule has 0 radical (unpaired) electrons. The van der Waals surface area contributed by atoms with Gasteiger partial charge in [-0.1, -0.05) is 84.9 Å². The third-order valence-corrected chi connectivity index (χ3v) is 7.77. The second-order valence-electron chi connectivity index (χ2n) is 9.72. The number of benzene rings is 3. The summed E-state index contributed by atoms with van der Waals surface area (Å²) in [6, 6.07) is 29.6. The molecular formula is C31H30N2O. The highest BCUT2D eigenvalue weighted by Gasteiger charge is 2.42. The molecule has 0 aliphatic carbocycles. The second kappa shape index (κ2) is 9.17. The van der Waals surface area contributed by atoms with E-state index in [-0.39, 0.29) is 6.04 Å². The van der Waals surface area contributed by atoms with Crippen LogP contribution in [0.15, 0.2) is 97.2 Å². The fourth-order valence-corrected chi connectivity index (χ4v) is 5.89. The minimum absolute atomic E-state index is 0.180. The van der Waals surface area contributed by atoms with E-state index in [4.69, 9.17) is 0 Å². The van der Waals surface area contributed by atoms with Crippen LogP contribution < -0.4 is 0 Å². The minimum atomic E-state index is -0.480. The molecule has 3 aromatic carbocycles. The van der Waals surface area contributed by atoms with E-state index < -0.39 is 6.10 Å². The smallest absolute Gasteiger partial charge is 0.0952 e. The van der Waals surface area contributed by atoms with Gasteiger partial charge in [0.25, 0.3) is 0 Å². The zero-order valence-electron chi connectivity index (χ0n) is 19.3. The minimum Gasteiger partial charge on any atom is -0.387 e. The molecule has 1 unspecified atom stereocenters. The molecule has 170 valence electrons. The van der Waals surface area contributed by atoms with Gasteiger partial charge in [-0.25, -0.2) is 0 Å². The summed E-state index contributed by atoms with van der Waals surface area (Å²) in [5.74, 6) is 1.16. The van der Waals surface area contributed by atoms with E-state index in [2.05, 4.69) is 82.7 Å². The Kier molecular flexibility index (Phi) is 5.74. The maximum absolute atomic E-state index is 11.4. The standard InChI is InChI=1S/C31H30N2O/c34-31(28-16-18-32-29-9-5-4-8-27(28)29)30-20-25-17-19-33(30)21-26(25)15-12-22-10-13-24(14-11-22)23-6-2-1-3-7-23/h1-16,18,25-26,30-31,34H,17,19-21H2/b15-12+/t25-,26+,30-,31+/m1/s1. The van der Waals surface area contributed by atoms with Crippen LogP contribution in [0, 0.1) is 11.8 Å². The lowest BCUT2D eigenvalue weighted by molar-refractivity contribution is -0.0444. The lowest BCUT2D eigenvalue weighted by Gasteiger charge is -2.50. The van der Waals surface area contributed by atoms with E-state index in [1.165, 1.54) is 23.1 Å². The number of para-hydroxylation sites is 1. The van der Waals surface area contributed by atoms with Crippen LogP contribution >= 0.6 is 0 Å². The highest BCUT2D eigenvalue weighted by molar-refractivity contribution is 5.82. The van der Waals surface area contributed by atoms with Gasteiger partial charge in [-0.2, -0.15) is 0 Å². The highest BCUT2D eigenvalue weighted by Crippen LogP contribution is 2.42. The van der Waals surface area contributed by atoms with Gasteiger partial charge in [0.2, 0.25) is 0 Å². The molecule has 4 heterocycles. The first kappa shape index (κ1) is 21.3. The fraction of sp³-hybridized carbons (Fsp3) is 0.258. The number of hydrogen-bond donors (Lipinski definition) is 1.